The van der Waals surface area contributed by atoms with Gasteiger partial charge in [-0.1, -0.05) is 13.8 Å². The van der Waals surface area contributed by atoms with Gasteiger partial charge < -0.3 is 5.32 Å². The normalized spacial score (nSPS) is 37.9. The summed E-state index contributed by atoms with van der Waals surface area (Å²) in [4.78, 5) is 0. The van der Waals surface area contributed by atoms with Gasteiger partial charge in [-0.05, 0) is 43.3 Å². The average molecular weight is 213 g/mol. The van der Waals surface area contributed by atoms with Crippen LogP contribution in [-0.2, 0) is 0 Å². The van der Waals surface area contributed by atoms with E-state index in [2.05, 4.69) is 37.8 Å². The summed E-state index contributed by atoms with van der Waals surface area (Å²) in [5.41, 5.74) is 0.619. The van der Waals surface area contributed by atoms with Crippen molar-refractivity contribution in [3.8, 4) is 0 Å². The second-order valence-corrected chi connectivity index (χ2v) is 6.82. The first-order valence-electron chi connectivity index (χ1n) is 5.93. The molecular weight excluding hydrogens is 190 g/mol. The van der Waals surface area contributed by atoms with Crippen LogP contribution >= 0.6 is 11.8 Å². The summed E-state index contributed by atoms with van der Waals surface area (Å²) in [6, 6.07) is 1.52. The van der Waals surface area contributed by atoms with Crippen LogP contribution in [0.3, 0.4) is 0 Å². The Hall–Kier alpha value is 0.310. The summed E-state index contributed by atoms with van der Waals surface area (Å²) in [7, 11) is 0. The van der Waals surface area contributed by atoms with Gasteiger partial charge in [0, 0.05) is 17.8 Å². The van der Waals surface area contributed by atoms with Crippen molar-refractivity contribution in [2.75, 3.05) is 11.5 Å². The molecule has 0 aromatic rings. The molecule has 1 nitrogen and oxygen atoms in total. The van der Waals surface area contributed by atoms with Crippen LogP contribution in [0, 0.1) is 11.3 Å². The fraction of sp³-hybridized carbons (Fsp3) is 1.00. The van der Waals surface area contributed by atoms with Crippen molar-refractivity contribution in [2.24, 2.45) is 11.3 Å². The third-order valence-corrected chi connectivity index (χ3v) is 5.07. The average Bonchev–Trinajstić information content (AvgIpc) is 2.77. The molecule has 82 valence electrons. The van der Waals surface area contributed by atoms with Crippen LogP contribution in [0.1, 0.15) is 40.0 Å². The lowest BCUT2D eigenvalue weighted by Crippen LogP contribution is -2.41. The molecule has 0 aromatic carbocycles. The molecule has 0 aromatic heterocycles. The fourth-order valence-corrected chi connectivity index (χ4v) is 3.81. The molecule has 14 heavy (non-hydrogen) atoms. The zero-order valence-electron chi connectivity index (χ0n) is 9.68. The van der Waals surface area contributed by atoms with Crippen molar-refractivity contribution in [1.82, 2.24) is 5.32 Å². The van der Waals surface area contributed by atoms with E-state index in [-0.39, 0.29) is 0 Å². The molecule has 1 aliphatic heterocycles. The van der Waals surface area contributed by atoms with Crippen LogP contribution in [0.4, 0.5) is 0 Å². The summed E-state index contributed by atoms with van der Waals surface area (Å²) in [5.74, 6) is 3.63. The first-order valence-corrected chi connectivity index (χ1v) is 7.09. The molecule has 0 spiro atoms. The minimum absolute atomic E-state index is 0.619. The summed E-state index contributed by atoms with van der Waals surface area (Å²) in [6.07, 6.45) is 4.22. The Kier molecular flexibility index (Phi) is 3.13. The van der Waals surface area contributed by atoms with E-state index in [4.69, 9.17) is 0 Å². The van der Waals surface area contributed by atoms with Gasteiger partial charge in [-0.3, -0.25) is 0 Å². The van der Waals surface area contributed by atoms with Crippen molar-refractivity contribution < 1.29 is 0 Å². The highest BCUT2D eigenvalue weighted by Crippen LogP contribution is 2.53. The van der Waals surface area contributed by atoms with Gasteiger partial charge in [0.15, 0.2) is 0 Å². The maximum atomic E-state index is 3.82. The Morgan fingerprint density at radius 2 is 2.14 bits per heavy atom. The Labute approximate surface area is 92.4 Å². The van der Waals surface area contributed by atoms with E-state index in [1.807, 2.05) is 0 Å². The summed E-state index contributed by atoms with van der Waals surface area (Å²) in [5, 5.41) is 3.82. The molecule has 2 heteroatoms. The Morgan fingerprint density at radius 3 is 2.64 bits per heavy atom. The minimum atomic E-state index is 0.619. The van der Waals surface area contributed by atoms with Gasteiger partial charge in [0.25, 0.3) is 0 Å². The molecule has 0 radical (unpaired) electrons. The number of hydrogen-bond donors (Lipinski definition) is 1. The third kappa shape index (κ3) is 2.46. The second kappa shape index (κ2) is 4.05. The number of thioether (sulfide) groups is 1. The molecule has 1 N–H and O–H groups in total. The van der Waals surface area contributed by atoms with Gasteiger partial charge in [0.05, 0.1) is 0 Å². The Morgan fingerprint density at radius 1 is 1.43 bits per heavy atom. The van der Waals surface area contributed by atoms with E-state index in [9.17, 15) is 0 Å². The lowest BCUT2D eigenvalue weighted by molar-refractivity contribution is 0.378. The van der Waals surface area contributed by atoms with E-state index in [1.165, 1.54) is 30.8 Å². The summed E-state index contributed by atoms with van der Waals surface area (Å²) < 4.78 is 0. The maximum absolute atomic E-state index is 3.82. The monoisotopic (exact) mass is 213 g/mol. The van der Waals surface area contributed by atoms with E-state index >= 15 is 0 Å². The smallest absolute Gasteiger partial charge is 0.0161 e. The van der Waals surface area contributed by atoms with E-state index < -0.39 is 0 Å². The first-order chi connectivity index (χ1) is 6.59. The third-order valence-electron chi connectivity index (χ3n) is 3.85. The highest BCUT2D eigenvalue weighted by atomic mass is 32.2. The first kappa shape index (κ1) is 10.8. The number of rotatable bonds is 3. The molecule has 1 heterocycles. The highest BCUT2D eigenvalue weighted by Gasteiger charge is 2.48. The van der Waals surface area contributed by atoms with Crippen molar-refractivity contribution in [2.45, 2.75) is 52.1 Å². The lowest BCUT2D eigenvalue weighted by Gasteiger charge is -2.27. The van der Waals surface area contributed by atoms with Crippen LogP contribution in [0.15, 0.2) is 0 Å². The zero-order chi connectivity index (χ0) is 10.2. The van der Waals surface area contributed by atoms with Gasteiger partial charge in [0.1, 0.15) is 0 Å². The van der Waals surface area contributed by atoms with Crippen molar-refractivity contribution in [3.05, 3.63) is 0 Å². The molecule has 1 saturated heterocycles. The molecular formula is C12H23NS. The van der Waals surface area contributed by atoms with E-state index in [0.29, 0.717) is 5.41 Å². The topological polar surface area (TPSA) is 12.0 Å². The number of hydrogen-bond acceptors (Lipinski definition) is 2. The summed E-state index contributed by atoms with van der Waals surface area (Å²) in [6.45, 7) is 7.16. The maximum Gasteiger partial charge on any atom is 0.0161 e. The molecule has 2 rings (SSSR count). The molecule has 0 bridgehead atoms. The SMILES string of the molecule is CC(NC1CCCSC1)C1CC1(C)C. The fourth-order valence-electron chi connectivity index (χ4n) is 2.72. The summed E-state index contributed by atoms with van der Waals surface area (Å²) >= 11 is 2.11. The minimum Gasteiger partial charge on any atom is -0.310 e. The van der Waals surface area contributed by atoms with Crippen LogP contribution in [0.2, 0.25) is 0 Å². The highest BCUT2D eigenvalue weighted by molar-refractivity contribution is 7.99. The van der Waals surface area contributed by atoms with Gasteiger partial charge in [-0.2, -0.15) is 11.8 Å². The Bertz CT molecular complexity index is 196. The molecule has 0 amide bonds. The van der Waals surface area contributed by atoms with Crippen molar-refractivity contribution >= 4 is 11.8 Å². The quantitative estimate of drug-likeness (QED) is 0.773. The predicted octanol–water partition coefficient (Wildman–Crippen LogP) is 2.91. The van der Waals surface area contributed by atoms with Crippen molar-refractivity contribution in [3.63, 3.8) is 0 Å². The molecule has 2 fully saturated rings. The zero-order valence-corrected chi connectivity index (χ0v) is 10.5. The van der Waals surface area contributed by atoms with Gasteiger partial charge >= 0.3 is 0 Å². The molecule has 3 unspecified atom stereocenters. The van der Waals surface area contributed by atoms with Crippen LogP contribution in [0.5, 0.6) is 0 Å². The van der Waals surface area contributed by atoms with E-state index in [0.717, 1.165) is 18.0 Å². The molecule has 3 atom stereocenters. The van der Waals surface area contributed by atoms with Gasteiger partial charge in [-0.25, -0.2) is 0 Å². The van der Waals surface area contributed by atoms with Crippen LogP contribution in [-0.4, -0.2) is 23.6 Å². The Balaban J connectivity index is 1.74. The van der Waals surface area contributed by atoms with Crippen molar-refractivity contribution in [1.29, 1.82) is 0 Å². The van der Waals surface area contributed by atoms with Crippen LogP contribution < -0.4 is 5.32 Å². The van der Waals surface area contributed by atoms with Gasteiger partial charge in [-0.15, -0.1) is 0 Å². The standard InChI is InChI=1S/C12H23NS/c1-9(11-7-12(11,2)3)13-10-5-4-6-14-8-10/h9-11,13H,4-8H2,1-3H3. The predicted molar refractivity (Wildman–Crippen MR) is 64.8 cm³/mol. The molecule has 1 saturated carbocycles. The second-order valence-electron chi connectivity index (χ2n) is 5.67. The van der Waals surface area contributed by atoms with Gasteiger partial charge in [0.2, 0.25) is 0 Å². The molecule has 1 aliphatic carbocycles. The van der Waals surface area contributed by atoms with Crippen LogP contribution in [0.25, 0.3) is 0 Å². The number of nitrogens with one attached hydrogen (secondary N) is 1. The lowest BCUT2D eigenvalue weighted by atomic mass is 10.0. The van der Waals surface area contributed by atoms with E-state index in [1.54, 1.807) is 0 Å². The molecule has 2 aliphatic rings. The largest absolute Gasteiger partial charge is 0.310 e.